The molecule has 3 nitrogen and oxygen atoms in total. The summed E-state index contributed by atoms with van der Waals surface area (Å²) in [5.74, 6) is 1.58. The fourth-order valence-electron chi connectivity index (χ4n) is 1.18. The van der Waals surface area contributed by atoms with Crippen LogP contribution >= 0.6 is 23.2 Å². The molecule has 0 unspecified atom stereocenters. The van der Waals surface area contributed by atoms with Crippen molar-refractivity contribution in [1.29, 1.82) is 0 Å². The molecule has 2 rings (SSSR count). The lowest BCUT2D eigenvalue weighted by atomic mass is 10.3. The Hall–Kier alpha value is -1.45. The van der Waals surface area contributed by atoms with E-state index in [-0.39, 0.29) is 0 Å². The van der Waals surface area contributed by atoms with Crippen LogP contribution in [0.1, 0.15) is 0 Å². The van der Waals surface area contributed by atoms with Gasteiger partial charge in [0.15, 0.2) is 0 Å². The van der Waals surface area contributed by atoms with Crippen molar-refractivity contribution in [1.82, 2.24) is 4.98 Å². The first-order valence-corrected chi connectivity index (χ1v) is 5.24. The Labute approximate surface area is 103 Å². The van der Waals surface area contributed by atoms with E-state index in [1.54, 1.807) is 30.3 Å². The Kier molecular flexibility index (Phi) is 3.17. The van der Waals surface area contributed by atoms with Gasteiger partial charge in [0.05, 0.1) is 6.20 Å². The Morgan fingerprint density at radius 1 is 1.00 bits per heavy atom. The van der Waals surface area contributed by atoms with Gasteiger partial charge in [0, 0.05) is 10.0 Å². The number of anilines is 1. The highest BCUT2D eigenvalue weighted by molar-refractivity contribution is 6.34. The quantitative estimate of drug-likeness (QED) is 0.888. The lowest BCUT2D eigenvalue weighted by molar-refractivity contribution is 0.480. The first-order chi connectivity index (χ1) is 7.63. The molecule has 16 heavy (non-hydrogen) atoms. The van der Waals surface area contributed by atoms with Gasteiger partial charge in [0.1, 0.15) is 17.3 Å². The molecular formula is C11H8Cl2N2O. The van der Waals surface area contributed by atoms with E-state index in [4.69, 9.17) is 33.7 Å². The summed E-state index contributed by atoms with van der Waals surface area (Å²) >= 11 is 11.7. The Balaban J connectivity index is 2.23. The number of benzene rings is 1. The zero-order valence-electron chi connectivity index (χ0n) is 8.15. The second-order valence-corrected chi connectivity index (χ2v) is 4.00. The van der Waals surface area contributed by atoms with Gasteiger partial charge < -0.3 is 10.5 Å². The summed E-state index contributed by atoms with van der Waals surface area (Å²) in [5, 5.41) is 1.04. The molecule has 82 valence electrons. The van der Waals surface area contributed by atoms with Crippen LogP contribution in [-0.2, 0) is 0 Å². The third kappa shape index (κ3) is 2.78. The molecule has 5 heteroatoms. The highest BCUT2D eigenvalue weighted by Crippen LogP contribution is 2.28. The molecule has 0 spiro atoms. The fourth-order valence-corrected chi connectivity index (χ4v) is 1.68. The van der Waals surface area contributed by atoms with E-state index >= 15 is 0 Å². The van der Waals surface area contributed by atoms with Crippen molar-refractivity contribution in [3.8, 4) is 11.5 Å². The number of pyridine rings is 1. The Morgan fingerprint density at radius 3 is 2.25 bits per heavy atom. The summed E-state index contributed by atoms with van der Waals surface area (Å²) in [5.41, 5.74) is 5.46. The SMILES string of the molecule is Nc1ccc(Oc2cc(Cl)cc(Cl)c2)cn1. The van der Waals surface area contributed by atoms with Gasteiger partial charge in [-0.25, -0.2) is 4.98 Å². The third-order valence-electron chi connectivity index (χ3n) is 1.83. The number of halogens is 2. The molecule has 0 saturated heterocycles. The molecule has 1 heterocycles. The summed E-state index contributed by atoms with van der Waals surface area (Å²) in [6.07, 6.45) is 1.53. The van der Waals surface area contributed by atoms with Crippen molar-refractivity contribution in [2.75, 3.05) is 5.73 Å². The maximum atomic E-state index is 5.84. The van der Waals surface area contributed by atoms with Gasteiger partial charge >= 0.3 is 0 Å². The molecule has 0 radical (unpaired) electrons. The topological polar surface area (TPSA) is 48.1 Å². The van der Waals surface area contributed by atoms with Gasteiger partial charge in [-0.2, -0.15) is 0 Å². The normalized spacial score (nSPS) is 10.1. The minimum Gasteiger partial charge on any atom is -0.456 e. The zero-order chi connectivity index (χ0) is 11.5. The van der Waals surface area contributed by atoms with Crippen LogP contribution in [0.2, 0.25) is 10.0 Å². The first kappa shape index (κ1) is 11.0. The molecule has 0 amide bonds. The average Bonchev–Trinajstić information content (AvgIpc) is 2.20. The molecule has 2 aromatic rings. The van der Waals surface area contributed by atoms with Crippen molar-refractivity contribution >= 4 is 29.0 Å². The number of aromatic nitrogens is 1. The maximum absolute atomic E-state index is 5.84. The monoisotopic (exact) mass is 254 g/mol. The molecule has 0 saturated carbocycles. The van der Waals surface area contributed by atoms with Crippen LogP contribution in [0.4, 0.5) is 5.82 Å². The summed E-state index contributed by atoms with van der Waals surface area (Å²) < 4.78 is 5.51. The lowest BCUT2D eigenvalue weighted by Crippen LogP contribution is -1.90. The van der Waals surface area contributed by atoms with Gasteiger partial charge in [0.25, 0.3) is 0 Å². The molecular weight excluding hydrogens is 247 g/mol. The molecule has 0 atom stereocenters. The van der Waals surface area contributed by atoms with Gasteiger partial charge in [-0.05, 0) is 30.3 Å². The number of nitrogen functional groups attached to an aromatic ring is 1. The summed E-state index contributed by atoms with van der Waals surface area (Å²) in [7, 11) is 0. The third-order valence-corrected chi connectivity index (χ3v) is 2.27. The molecule has 1 aromatic heterocycles. The van der Waals surface area contributed by atoms with Crippen molar-refractivity contribution in [2.24, 2.45) is 0 Å². The fraction of sp³-hybridized carbons (Fsp3) is 0. The molecule has 0 aliphatic rings. The van der Waals surface area contributed by atoms with Crippen molar-refractivity contribution < 1.29 is 4.74 Å². The van der Waals surface area contributed by atoms with Gasteiger partial charge in [-0.15, -0.1) is 0 Å². The number of hydrogen-bond acceptors (Lipinski definition) is 3. The number of nitrogens with zero attached hydrogens (tertiary/aromatic N) is 1. The van der Waals surface area contributed by atoms with Gasteiger partial charge in [-0.3, -0.25) is 0 Å². The van der Waals surface area contributed by atoms with Crippen molar-refractivity contribution in [2.45, 2.75) is 0 Å². The number of hydrogen-bond donors (Lipinski definition) is 1. The van der Waals surface area contributed by atoms with E-state index < -0.39 is 0 Å². The highest BCUT2D eigenvalue weighted by Gasteiger charge is 2.01. The predicted molar refractivity (Wildman–Crippen MR) is 65.2 cm³/mol. The molecule has 0 aliphatic heterocycles. The standard InChI is InChI=1S/C11H8Cl2N2O/c12-7-3-8(13)5-10(4-7)16-9-1-2-11(14)15-6-9/h1-6H,(H2,14,15). The van der Waals surface area contributed by atoms with E-state index in [0.717, 1.165) is 0 Å². The number of ether oxygens (including phenoxy) is 1. The second kappa shape index (κ2) is 4.60. The van der Waals surface area contributed by atoms with Crippen LogP contribution in [0, 0.1) is 0 Å². The van der Waals surface area contributed by atoms with E-state index in [0.29, 0.717) is 27.4 Å². The summed E-state index contributed by atoms with van der Waals surface area (Å²) in [6.45, 7) is 0. The molecule has 1 aromatic carbocycles. The van der Waals surface area contributed by atoms with Gasteiger partial charge in [-0.1, -0.05) is 23.2 Å². The largest absolute Gasteiger partial charge is 0.456 e. The van der Waals surface area contributed by atoms with E-state index in [2.05, 4.69) is 4.98 Å². The van der Waals surface area contributed by atoms with Crippen LogP contribution in [0.15, 0.2) is 36.5 Å². The minimum atomic E-state index is 0.441. The van der Waals surface area contributed by atoms with E-state index in [1.807, 2.05) is 0 Å². The van der Waals surface area contributed by atoms with Crippen molar-refractivity contribution in [3.05, 3.63) is 46.6 Å². The average molecular weight is 255 g/mol. The maximum Gasteiger partial charge on any atom is 0.145 e. The summed E-state index contributed by atoms with van der Waals surface area (Å²) in [4.78, 5) is 3.91. The van der Waals surface area contributed by atoms with Crippen LogP contribution in [0.5, 0.6) is 11.5 Å². The zero-order valence-corrected chi connectivity index (χ0v) is 9.66. The number of nitrogens with two attached hydrogens (primary N) is 1. The Morgan fingerprint density at radius 2 is 1.69 bits per heavy atom. The van der Waals surface area contributed by atoms with Crippen LogP contribution in [0.25, 0.3) is 0 Å². The Bertz CT molecular complexity index is 480. The minimum absolute atomic E-state index is 0.441. The smallest absolute Gasteiger partial charge is 0.145 e. The van der Waals surface area contributed by atoms with Crippen LogP contribution in [0.3, 0.4) is 0 Å². The molecule has 2 N–H and O–H groups in total. The molecule has 0 aliphatic carbocycles. The molecule has 0 bridgehead atoms. The second-order valence-electron chi connectivity index (χ2n) is 3.13. The number of rotatable bonds is 2. The van der Waals surface area contributed by atoms with E-state index in [1.165, 1.54) is 6.20 Å². The lowest BCUT2D eigenvalue weighted by Gasteiger charge is -2.06. The highest BCUT2D eigenvalue weighted by atomic mass is 35.5. The van der Waals surface area contributed by atoms with Crippen LogP contribution in [-0.4, -0.2) is 4.98 Å². The molecule has 0 fully saturated rings. The van der Waals surface area contributed by atoms with Gasteiger partial charge in [0.2, 0.25) is 0 Å². The first-order valence-electron chi connectivity index (χ1n) is 4.49. The summed E-state index contributed by atoms with van der Waals surface area (Å²) in [6, 6.07) is 8.35. The predicted octanol–water partition coefficient (Wildman–Crippen LogP) is 3.76. The van der Waals surface area contributed by atoms with Crippen LogP contribution < -0.4 is 10.5 Å². The van der Waals surface area contributed by atoms with E-state index in [9.17, 15) is 0 Å². The van der Waals surface area contributed by atoms with Crippen molar-refractivity contribution in [3.63, 3.8) is 0 Å².